The quantitative estimate of drug-likeness (QED) is 0.788. The molecule has 9 nitrogen and oxygen atoms in total. The first-order valence-corrected chi connectivity index (χ1v) is 8.71. The zero-order chi connectivity index (χ0) is 17.4. The van der Waals surface area contributed by atoms with Crippen LogP contribution in [0.4, 0.5) is 5.82 Å². The van der Waals surface area contributed by atoms with E-state index in [2.05, 4.69) is 36.7 Å². The van der Waals surface area contributed by atoms with E-state index in [1.165, 1.54) is 0 Å². The Bertz CT molecular complexity index is 728. The van der Waals surface area contributed by atoms with Crippen molar-refractivity contribution in [2.45, 2.75) is 12.3 Å². The van der Waals surface area contributed by atoms with Crippen molar-refractivity contribution in [3.63, 3.8) is 0 Å². The van der Waals surface area contributed by atoms with E-state index in [0.717, 1.165) is 56.3 Å². The van der Waals surface area contributed by atoms with Crippen molar-refractivity contribution in [3.05, 3.63) is 12.7 Å². The number of hydrogen-bond acceptors (Lipinski definition) is 8. The number of nitrogens with zero attached hydrogens (tertiary/aromatic N) is 7. The van der Waals surface area contributed by atoms with Crippen molar-refractivity contribution in [1.29, 1.82) is 0 Å². The number of aromatic nitrogens is 4. The van der Waals surface area contributed by atoms with Crippen LogP contribution in [-0.4, -0.2) is 101 Å². The fraction of sp³-hybridized carbons (Fsp3) is 0.688. The van der Waals surface area contributed by atoms with Gasteiger partial charge in [-0.15, -0.1) is 0 Å². The van der Waals surface area contributed by atoms with Crippen LogP contribution in [0, 0.1) is 0 Å². The molecule has 0 bridgehead atoms. The zero-order valence-electron chi connectivity index (χ0n) is 14.7. The third kappa shape index (κ3) is 3.20. The monoisotopic (exact) mass is 347 g/mol. The lowest BCUT2D eigenvalue weighted by atomic mass is 10.3. The molecule has 25 heavy (non-hydrogen) atoms. The Morgan fingerprint density at radius 3 is 2.64 bits per heavy atom. The standard InChI is InChI=1S/C16H25N7O2/c1-20-3-5-22(6-4-20)15-14-16(18-10-17-15)23(11-19-14)13-8-21(2)7-12(9-24)25-13/h10-13,24H,3-9H2,1-2H3/t12-,13+/m0/s1. The summed E-state index contributed by atoms with van der Waals surface area (Å²) < 4.78 is 7.96. The van der Waals surface area contributed by atoms with Crippen molar-refractivity contribution in [1.82, 2.24) is 29.3 Å². The van der Waals surface area contributed by atoms with Gasteiger partial charge < -0.3 is 19.6 Å². The minimum absolute atomic E-state index is 0.00893. The molecule has 4 rings (SSSR count). The van der Waals surface area contributed by atoms with Crippen LogP contribution in [0.3, 0.4) is 0 Å². The molecule has 1 N–H and O–H groups in total. The van der Waals surface area contributed by atoms with Crippen LogP contribution in [-0.2, 0) is 4.74 Å². The summed E-state index contributed by atoms with van der Waals surface area (Å²) in [6.45, 7) is 5.36. The molecule has 0 unspecified atom stereocenters. The number of likely N-dealkylation sites (N-methyl/N-ethyl adjacent to an activating group) is 2. The SMILES string of the molecule is CN1CCN(c2ncnc3c2ncn3[C@H]2CN(C)C[C@@H](CO)O2)CC1. The van der Waals surface area contributed by atoms with Crippen molar-refractivity contribution in [2.24, 2.45) is 0 Å². The molecule has 2 fully saturated rings. The van der Waals surface area contributed by atoms with E-state index in [9.17, 15) is 5.11 Å². The minimum Gasteiger partial charge on any atom is -0.394 e. The average molecular weight is 347 g/mol. The van der Waals surface area contributed by atoms with E-state index in [1.54, 1.807) is 12.7 Å². The average Bonchev–Trinajstić information content (AvgIpc) is 3.06. The van der Waals surface area contributed by atoms with Crippen molar-refractivity contribution in [2.75, 3.05) is 64.9 Å². The Hall–Kier alpha value is -1.81. The van der Waals surface area contributed by atoms with Gasteiger partial charge in [0, 0.05) is 39.3 Å². The fourth-order valence-electron chi connectivity index (χ4n) is 3.55. The summed E-state index contributed by atoms with van der Waals surface area (Å²) in [5, 5.41) is 9.46. The van der Waals surface area contributed by atoms with Gasteiger partial charge in [-0.1, -0.05) is 0 Å². The van der Waals surface area contributed by atoms with E-state index in [-0.39, 0.29) is 18.9 Å². The molecule has 0 aliphatic carbocycles. The van der Waals surface area contributed by atoms with Crippen LogP contribution < -0.4 is 4.90 Å². The van der Waals surface area contributed by atoms with E-state index >= 15 is 0 Å². The van der Waals surface area contributed by atoms with Crippen molar-refractivity contribution in [3.8, 4) is 0 Å². The summed E-state index contributed by atoms with van der Waals surface area (Å²) in [5.41, 5.74) is 1.59. The topological polar surface area (TPSA) is 82.8 Å². The molecule has 0 aromatic carbocycles. The lowest BCUT2D eigenvalue weighted by Gasteiger charge is -2.35. The van der Waals surface area contributed by atoms with E-state index in [0.29, 0.717) is 0 Å². The van der Waals surface area contributed by atoms with Gasteiger partial charge in [0.15, 0.2) is 17.0 Å². The molecular formula is C16H25N7O2. The highest BCUT2D eigenvalue weighted by atomic mass is 16.5. The number of hydrogen-bond donors (Lipinski definition) is 1. The van der Waals surface area contributed by atoms with E-state index in [1.807, 2.05) is 11.6 Å². The van der Waals surface area contributed by atoms with Gasteiger partial charge in [0.2, 0.25) is 0 Å². The largest absolute Gasteiger partial charge is 0.394 e. The van der Waals surface area contributed by atoms with Gasteiger partial charge >= 0.3 is 0 Å². The second kappa shape index (κ2) is 6.83. The third-order valence-corrected chi connectivity index (χ3v) is 4.99. The summed E-state index contributed by atoms with van der Waals surface area (Å²) in [5.74, 6) is 0.889. The van der Waals surface area contributed by atoms with Gasteiger partial charge in [-0.25, -0.2) is 15.0 Å². The first kappa shape index (κ1) is 16.6. The highest BCUT2D eigenvalue weighted by Gasteiger charge is 2.29. The molecule has 136 valence electrons. The van der Waals surface area contributed by atoms with Gasteiger partial charge in [-0.2, -0.15) is 0 Å². The van der Waals surface area contributed by atoms with Gasteiger partial charge in [-0.3, -0.25) is 9.47 Å². The molecule has 0 amide bonds. The molecule has 2 saturated heterocycles. The number of aliphatic hydroxyl groups is 1. The maximum absolute atomic E-state index is 9.46. The van der Waals surface area contributed by atoms with Crippen LogP contribution in [0.2, 0.25) is 0 Å². The zero-order valence-corrected chi connectivity index (χ0v) is 14.7. The molecule has 4 heterocycles. The predicted molar refractivity (Wildman–Crippen MR) is 93.5 cm³/mol. The van der Waals surface area contributed by atoms with Crippen LogP contribution in [0.25, 0.3) is 11.2 Å². The molecule has 0 radical (unpaired) electrons. The Morgan fingerprint density at radius 2 is 1.88 bits per heavy atom. The summed E-state index contributed by atoms with van der Waals surface area (Å²) in [6, 6.07) is 0. The molecule has 2 aliphatic heterocycles. The summed E-state index contributed by atoms with van der Waals surface area (Å²) in [4.78, 5) is 20.3. The molecule has 2 atom stereocenters. The molecule has 0 saturated carbocycles. The molecule has 2 aromatic rings. The molecule has 9 heteroatoms. The molecule has 0 spiro atoms. The minimum atomic E-state index is -0.212. The lowest BCUT2D eigenvalue weighted by molar-refractivity contribution is -0.127. The predicted octanol–water partition coefficient (Wildman–Crippen LogP) is -0.600. The van der Waals surface area contributed by atoms with Gasteiger partial charge in [0.05, 0.1) is 19.0 Å². The third-order valence-electron chi connectivity index (χ3n) is 4.99. The summed E-state index contributed by atoms with van der Waals surface area (Å²) >= 11 is 0. The summed E-state index contributed by atoms with van der Waals surface area (Å²) in [6.07, 6.45) is 2.97. The Kier molecular flexibility index (Phi) is 4.55. The highest BCUT2D eigenvalue weighted by molar-refractivity contribution is 5.83. The van der Waals surface area contributed by atoms with Crippen LogP contribution in [0.15, 0.2) is 12.7 Å². The number of piperazine rings is 1. The molecular weight excluding hydrogens is 322 g/mol. The second-order valence-electron chi connectivity index (χ2n) is 6.93. The second-order valence-corrected chi connectivity index (χ2v) is 6.93. The number of anilines is 1. The van der Waals surface area contributed by atoms with Gasteiger partial charge in [0.1, 0.15) is 12.6 Å². The molecule has 2 aliphatic rings. The first-order valence-electron chi connectivity index (χ1n) is 8.71. The normalized spacial score (nSPS) is 26.4. The smallest absolute Gasteiger partial charge is 0.167 e. The van der Waals surface area contributed by atoms with Crippen molar-refractivity contribution < 1.29 is 9.84 Å². The number of fused-ring (bicyclic) bond motifs is 1. The number of rotatable bonds is 3. The fourth-order valence-corrected chi connectivity index (χ4v) is 3.55. The Labute approximate surface area is 146 Å². The van der Waals surface area contributed by atoms with Crippen LogP contribution >= 0.6 is 0 Å². The van der Waals surface area contributed by atoms with Crippen LogP contribution in [0.5, 0.6) is 0 Å². The lowest BCUT2D eigenvalue weighted by Crippen LogP contribution is -2.45. The number of morpholine rings is 1. The number of ether oxygens (including phenoxy) is 1. The van der Waals surface area contributed by atoms with Gasteiger partial charge in [0.25, 0.3) is 0 Å². The van der Waals surface area contributed by atoms with E-state index < -0.39 is 0 Å². The van der Waals surface area contributed by atoms with E-state index in [4.69, 9.17) is 4.74 Å². The molecule has 2 aromatic heterocycles. The maximum Gasteiger partial charge on any atom is 0.167 e. The van der Waals surface area contributed by atoms with Crippen LogP contribution in [0.1, 0.15) is 6.23 Å². The first-order chi connectivity index (χ1) is 12.2. The number of imidazole rings is 1. The maximum atomic E-state index is 9.46. The Balaban J connectivity index is 1.65. The van der Waals surface area contributed by atoms with Gasteiger partial charge in [-0.05, 0) is 14.1 Å². The summed E-state index contributed by atoms with van der Waals surface area (Å²) in [7, 11) is 4.16. The Morgan fingerprint density at radius 1 is 1.08 bits per heavy atom. The highest BCUT2D eigenvalue weighted by Crippen LogP contribution is 2.27. The van der Waals surface area contributed by atoms with Crippen molar-refractivity contribution >= 4 is 17.0 Å². The number of aliphatic hydroxyl groups excluding tert-OH is 1.